The van der Waals surface area contributed by atoms with Crippen molar-refractivity contribution in [2.24, 2.45) is 0 Å². The van der Waals surface area contributed by atoms with Gasteiger partial charge in [-0.05, 0) is 18.6 Å². The van der Waals surface area contributed by atoms with Gasteiger partial charge in [0.15, 0.2) is 0 Å². The molecule has 0 radical (unpaired) electrons. The maximum absolute atomic E-state index is 5.98. The number of nitrogen functional groups attached to an aromatic ring is 1. The fraction of sp³-hybridized carbons (Fsp3) is 0.500. The van der Waals surface area contributed by atoms with Crippen LogP contribution < -0.4 is 10.6 Å². The maximum Gasteiger partial charge on any atom is 0.0614 e. The van der Waals surface area contributed by atoms with Crippen molar-refractivity contribution in [3.8, 4) is 0 Å². The van der Waals surface area contributed by atoms with E-state index < -0.39 is 0 Å². The van der Waals surface area contributed by atoms with E-state index in [0.717, 1.165) is 18.7 Å². The summed E-state index contributed by atoms with van der Waals surface area (Å²) in [4.78, 5) is 2.12. The Morgan fingerprint density at radius 2 is 1.81 bits per heavy atom. The Balaban J connectivity index is 2.75. The number of hydrogen-bond donors (Lipinski definition) is 1. The van der Waals surface area contributed by atoms with E-state index in [9.17, 15) is 0 Å². The van der Waals surface area contributed by atoms with Gasteiger partial charge in [-0.3, -0.25) is 0 Å². The molecule has 2 nitrogen and oxygen atoms in total. The molecule has 0 unspecified atom stereocenters. The van der Waals surface area contributed by atoms with Crippen LogP contribution in [0.2, 0.25) is 10.0 Å². The minimum absolute atomic E-state index is 0.505. The van der Waals surface area contributed by atoms with Gasteiger partial charge >= 0.3 is 0 Å². The summed E-state index contributed by atoms with van der Waals surface area (Å²) in [7, 11) is 2.02. The predicted molar refractivity (Wildman–Crippen MR) is 73.7 cm³/mol. The number of hydrogen-bond acceptors (Lipinski definition) is 2. The van der Waals surface area contributed by atoms with Crippen LogP contribution in [0.15, 0.2) is 12.1 Å². The fourth-order valence-corrected chi connectivity index (χ4v) is 1.93. The van der Waals surface area contributed by atoms with Crippen LogP contribution in [-0.2, 0) is 0 Å². The molecule has 0 bridgehead atoms. The molecule has 0 aliphatic heterocycles. The molecular formula is C12H18Cl2N2. The first-order valence-electron chi connectivity index (χ1n) is 5.52. The molecule has 4 heteroatoms. The SMILES string of the molecule is CCCCCN(C)c1cc(Cl)c(Cl)cc1N. The van der Waals surface area contributed by atoms with E-state index in [0.29, 0.717) is 15.7 Å². The van der Waals surface area contributed by atoms with E-state index in [1.807, 2.05) is 13.1 Å². The molecule has 16 heavy (non-hydrogen) atoms. The number of anilines is 2. The van der Waals surface area contributed by atoms with Crippen LogP contribution in [0, 0.1) is 0 Å². The first-order chi connectivity index (χ1) is 7.56. The van der Waals surface area contributed by atoms with Crippen LogP contribution in [0.25, 0.3) is 0 Å². The Labute approximate surface area is 107 Å². The zero-order valence-corrected chi connectivity index (χ0v) is 11.3. The molecule has 0 aliphatic rings. The number of rotatable bonds is 5. The number of unbranched alkanes of at least 4 members (excludes halogenated alkanes) is 2. The Bertz CT molecular complexity index is 353. The molecule has 0 saturated carbocycles. The molecule has 1 rings (SSSR count). The average Bonchev–Trinajstić information content (AvgIpc) is 2.23. The lowest BCUT2D eigenvalue weighted by molar-refractivity contribution is 0.705. The second-order valence-corrected chi connectivity index (χ2v) is 4.77. The lowest BCUT2D eigenvalue weighted by Gasteiger charge is -2.21. The third kappa shape index (κ3) is 3.46. The normalized spacial score (nSPS) is 10.5. The number of benzene rings is 1. The zero-order valence-electron chi connectivity index (χ0n) is 9.76. The summed E-state index contributed by atoms with van der Waals surface area (Å²) in [5.74, 6) is 0. The van der Waals surface area contributed by atoms with Gasteiger partial charge in [-0.15, -0.1) is 0 Å². The second kappa shape index (κ2) is 6.21. The van der Waals surface area contributed by atoms with Crippen molar-refractivity contribution in [3.63, 3.8) is 0 Å². The summed E-state index contributed by atoms with van der Waals surface area (Å²) < 4.78 is 0. The van der Waals surface area contributed by atoms with Crippen LogP contribution in [0.1, 0.15) is 26.2 Å². The van der Waals surface area contributed by atoms with Crippen molar-refractivity contribution in [2.75, 3.05) is 24.2 Å². The van der Waals surface area contributed by atoms with Gasteiger partial charge < -0.3 is 10.6 Å². The van der Waals surface area contributed by atoms with Gasteiger partial charge in [0.1, 0.15) is 0 Å². The number of halogens is 2. The zero-order chi connectivity index (χ0) is 12.1. The predicted octanol–water partition coefficient (Wildman–Crippen LogP) is 4.20. The molecule has 1 aromatic rings. The highest BCUT2D eigenvalue weighted by molar-refractivity contribution is 6.42. The van der Waals surface area contributed by atoms with Crippen molar-refractivity contribution in [1.29, 1.82) is 0 Å². The van der Waals surface area contributed by atoms with Gasteiger partial charge in [0.05, 0.1) is 21.4 Å². The molecule has 0 aliphatic carbocycles. The summed E-state index contributed by atoms with van der Waals surface area (Å²) in [5.41, 5.74) is 7.53. The van der Waals surface area contributed by atoms with E-state index in [1.54, 1.807) is 6.07 Å². The first kappa shape index (κ1) is 13.5. The average molecular weight is 261 g/mol. The molecular weight excluding hydrogens is 243 g/mol. The topological polar surface area (TPSA) is 29.3 Å². The lowest BCUT2D eigenvalue weighted by atomic mass is 10.2. The van der Waals surface area contributed by atoms with Gasteiger partial charge in [-0.2, -0.15) is 0 Å². The Hall–Kier alpha value is -0.600. The van der Waals surface area contributed by atoms with Crippen LogP contribution in [0.5, 0.6) is 0 Å². The maximum atomic E-state index is 5.98. The van der Waals surface area contributed by atoms with E-state index in [4.69, 9.17) is 28.9 Å². The molecule has 1 aromatic carbocycles. The van der Waals surface area contributed by atoms with Gasteiger partial charge in [-0.25, -0.2) is 0 Å². The summed E-state index contributed by atoms with van der Waals surface area (Å²) in [6.07, 6.45) is 3.60. The summed E-state index contributed by atoms with van der Waals surface area (Å²) in [6, 6.07) is 3.53. The monoisotopic (exact) mass is 260 g/mol. The molecule has 0 atom stereocenters. The molecule has 0 fully saturated rings. The molecule has 0 spiro atoms. The van der Waals surface area contributed by atoms with Crippen molar-refractivity contribution in [3.05, 3.63) is 22.2 Å². The highest BCUT2D eigenvalue weighted by atomic mass is 35.5. The largest absolute Gasteiger partial charge is 0.397 e. The van der Waals surface area contributed by atoms with Gasteiger partial charge in [0, 0.05) is 13.6 Å². The molecule has 0 saturated heterocycles. The molecule has 0 aromatic heterocycles. The summed E-state index contributed by atoms with van der Waals surface area (Å²) >= 11 is 11.9. The van der Waals surface area contributed by atoms with E-state index in [2.05, 4.69) is 11.8 Å². The minimum atomic E-state index is 0.505. The van der Waals surface area contributed by atoms with Crippen molar-refractivity contribution >= 4 is 34.6 Å². The van der Waals surface area contributed by atoms with Gasteiger partial charge in [-0.1, -0.05) is 43.0 Å². The van der Waals surface area contributed by atoms with Crippen LogP contribution in [0.3, 0.4) is 0 Å². The van der Waals surface area contributed by atoms with Crippen molar-refractivity contribution < 1.29 is 0 Å². The Morgan fingerprint density at radius 3 is 2.44 bits per heavy atom. The van der Waals surface area contributed by atoms with Gasteiger partial charge in [0.2, 0.25) is 0 Å². The third-order valence-electron chi connectivity index (χ3n) is 2.58. The molecule has 0 amide bonds. The van der Waals surface area contributed by atoms with Gasteiger partial charge in [0.25, 0.3) is 0 Å². The molecule has 90 valence electrons. The van der Waals surface area contributed by atoms with Crippen molar-refractivity contribution in [1.82, 2.24) is 0 Å². The quantitative estimate of drug-likeness (QED) is 0.635. The first-order valence-corrected chi connectivity index (χ1v) is 6.27. The van der Waals surface area contributed by atoms with Crippen molar-refractivity contribution in [2.45, 2.75) is 26.2 Å². The Kier molecular flexibility index (Phi) is 5.23. The highest BCUT2D eigenvalue weighted by Gasteiger charge is 2.08. The van der Waals surface area contributed by atoms with Crippen LogP contribution >= 0.6 is 23.2 Å². The molecule has 2 N–H and O–H groups in total. The fourth-order valence-electron chi connectivity index (χ4n) is 1.60. The second-order valence-electron chi connectivity index (χ2n) is 3.95. The summed E-state index contributed by atoms with van der Waals surface area (Å²) in [5, 5.41) is 1.05. The number of nitrogens with zero attached hydrogens (tertiary/aromatic N) is 1. The van der Waals surface area contributed by atoms with E-state index in [1.165, 1.54) is 12.8 Å². The number of nitrogens with two attached hydrogens (primary N) is 1. The van der Waals surface area contributed by atoms with E-state index in [-0.39, 0.29) is 0 Å². The smallest absolute Gasteiger partial charge is 0.0614 e. The van der Waals surface area contributed by atoms with Crippen LogP contribution in [-0.4, -0.2) is 13.6 Å². The van der Waals surface area contributed by atoms with E-state index >= 15 is 0 Å². The standard InChI is InChI=1S/C12H18Cl2N2/c1-3-4-5-6-16(2)12-8-10(14)9(13)7-11(12)15/h7-8H,3-6,15H2,1-2H3. The van der Waals surface area contributed by atoms with Crippen LogP contribution in [0.4, 0.5) is 11.4 Å². The Morgan fingerprint density at radius 1 is 1.19 bits per heavy atom. The third-order valence-corrected chi connectivity index (χ3v) is 3.30. The molecule has 0 heterocycles. The minimum Gasteiger partial charge on any atom is -0.397 e. The lowest BCUT2D eigenvalue weighted by Crippen LogP contribution is -2.19. The summed E-state index contributed by atoms with van der Waals surface area (Å²) in [6.45, 7) is 3.17. The highest BCUT2D eigenvalue weighted by Crippen LogP contribution is 2.32.